The zero-order chi connectivity index (χ0) is 30.6. The molecule has 0 unspecified atom stereocenters. The van der Waals surface area contributed by atoms with Crippen molar-refractivity contribution >= 4 is 22.9 Å². The van der Waals surface area contributed by atoms with Gasteiger partial charge in [0.05, 0.1) is 18.8 Å². The van der Waals surface area contributed by atoms with Crippen LogP contribution in [0.15, 0.2) is 88.1 Å². The lowest BCUT2D eigenvalue weighted by atomic mass is 9.94. The van der Waals surface area contributed by atoms with E-state index in [1.54, 1.807) is 38.1 Å². The van der Waals surface area contributed by atoms with Crippen LogP contribution in [0.5, 0.6) is 5.75 Å². The fraction of sp³-hybridized carbons (Fsp3) is 0.343. The second kappa shape index (κ2) is 15.7. The molecule has 42 heavy (non-hydrogen) atoms. The van der Waals surface area contributed by atoms with Gasteiger partial charge in [-0.25, -0.2) is 14.4 Å². The molecule has 0 radical (unpaired) electrons. The normalized spacial score (nSPS) is 10.8. The maximum absolute atomic E-state index is 13.2. The van der Waals surface area contributed by atoms with Gasteiger partial charge in [-0.15, -0.1) is 0 Å². The van der Waals surface area contributed by atoms with Crippen LogP contribution in [0, 0.1) is 0 Å². The zero-order valence-electron chi connectivity index (χ0n) is 24.9. The van der Waals surface area contributed by atoms with Gasteiger partial charge in [0.2, 0.25) is 0 Å². The number of benzene rings is 2. The summed E-state index contributed by atoms with van der Waals surface area (Å²) in [4.78, 5) is 36.7. The van der Waals surface area contributed by atoms with Crippen LogP contribution >= 0.6 is 0 Å². The Hall–Kier alpha value is -4.23. The van der Waals surface area contributed by atoms with Gasteiger partial charge < -0.3 is 18.6 Å². The highest BCUT2D eigenvalue weighted by Crippen LogP contribution is 2.29. The predicted octanol–water partition coefficient (Wildman–Crippen LogP) is 7.30. The number of carbonyl (C=O) groups is 2. The van der Waals surface area contributed by atoms with Gasteiger partial charge >= 0.3 is 17.6 Å². The number of aryl methyl sites for hydroxylation is 2. The minimum absolute atomic E-state index is 0.299. The van der Waals surface area contributed by atoms with E-state index in [0.29, 0.717) is 66.3 Å². The Morgan fingerprint density at radius 1 is 0.810 bits per heavy atom. The molecule has 0 saturated carbocycles. The summed E-state index contributed by atoms with van der Waals surface area (Å²) in [6.07, 6.45) is 4.76. The summed E-state index contributed by atoms with van der Waals surface area (Å²) in [7, 11) is 0. The van der Waals surface area contributed by atoms with E-state index in [1.807, 2.05) is 19.1 Å². The summed E-state index contributed by atoms with van der Waals surface area (Å²) in [5, 5.41) is 0.819. The van der Waals surface area contributed by atoms with Gasteiger partial charge in [-0.2, -0.15) is 0 Å². The molecular weight excluding hydrogens is 532 g/mol. The summed E-state index contributed by atoms with van der Waals surface area (Å²) in [6, 6.07) is 12.6. The van der Waals surface area contributed by atoms with Crippen molar-refractivity contribution in [2.45, 2.75) is 59.3 Å². The van der Waals surface area contributed by atoms with Crippen molar-refractivity contribution in [1.82, 2.24) is 0 Å². The highest BCUT2D eigenvalue weighted by Gasteiger charge is 2.15. The summed E-state index contributed by atoms with van der Waals surface area (Å²) in [6.45, 7) is 17.7. The number of unbranched alkanes of at least 4 members (excludes halogenated alkanes) is 2. The number of hydrogen-bond donors (Lipinski definition) is 0. The summed E-state index contributed by atoms with van der Waals surface area (Å²) < 4.78 is 22.1. The monoisotopic (exact) mass is 572 g/mol. The standard InChI is InChI=1S/C35H40O7/c1-23(2)22-39-19-9-7-11-26-13-14-28-21-31(27-15-17-29(18-16-27)41-34(37)25(5)6)35(38)42-32(28)30(26)12-8-10-20-40-33(36)24(3)4/h13-18,21H,1,3,5,7-12,19-20,22H2,2,4,6H3. The highest BCUT2D eigenvalue weighted by molar-refractivity contribution is 5.89. The first-order chi connectivity index (χ1) is 20.1. The third-order valence-corrected chi connectivity index (χ3v) is 6.56. The SMILES string of the molecule is C=C(C)COCCCCc1ccc2cc(-c3ccc(OC(=O)C(=C)C)cc3)c(=O)oc2c1CCCCOC(=O)C(=C)C. The molecule has 222 valence electrons. The molecule has 1 heterocycles. The van der Waals surface area contributed by atoms with Gasteiger partial charge in [0.1, 0.15) is 11.3 Å². The van der Waals surface area contributed by atoms with Crippen LogP contribution in [0.2, 0.25) is 0 Å². The molecule has 0 aliphatic rings. The van der Waals surface area contributed by atoms with Crippen LogP contribution in [-0.2, 0) is 31.9 Å². The van der Waals surface area contributed by atoms with Crippen LogP contribution in [0.3, 0.4) is 0 Å². The smallest absolute Gasteiger partial charge is 0.344 e. The van der Waals surface area contributed by atoms with E-state index in [2.05, 4.69) is 25.8 Å². The molecule has 0 saturated heterocycles. The van der Waals surface area contributed by atoms with E-state index in [-0.39, 0.29) is 0 Å². The molecule has 7 heteroatoms. The summed E-state index contributed by atoms with van der Waals surface area (Å²) >= 11 is 0. The fourth-order valence-corrected chi connectivity index (χ4v) is 4.35. The van der Waals surface area contributed by atoms with Crippen molar-refractivity contribution in [2.24, 2.45) is 0 Å². The molecule has 0 bridgehead atoms. The van der Waals surface area contributed by atoms with Gasteiger partial charge in [0.15, 0.2) is 0 Å². The second-order valence-corrected chi connectivity index (χ2v) is 10.6. The summed E-state index contributed by atoms with van der Waals surface area (Å²) in [5.74, 6) is -0.539. The van der Waals surface area contributed by atoms with Gasteiger partial charge in [0.25, 0.3) is 0 Å². The van der Waals surface area contributed by atoms with E-state index in [9.17, 15) is 14.4 Å². The molecule has 2 aromatic carbocycles. The largest absolute Gasteiger partial charge is 0.462 e. The van der Waals surface area contributed by atoms with Crippen molar-refractivity contribution < 1.29 is 28.2 Å². The van der Waals surface area contributed by atoms with E-state index in [0.717, 1.165) is 47.8 Å². The van der Waals surface area contributed by atoms with Crippen molar-refractivity contribution in [3.63, 3.8) is 0 Å². The lowest BCUT2D eigenvalue weighted by molar-refractivity contribution is -0.139. The molecule has 0 spiro atoms. The Balaban J connectivity index is 1.82. The first-order valence-corrected chi connectivity index (χ1v) is 14.2. The Kier molecular flexibility index (Phi) is 12.1. The van der Waals surface area contributed by atoms with Crippen molar-refractivity contribution in [3.8, 4) is 16.9 Å². The van der Waals surface area contributed by atoms with Crippen molar-refractivity contribution in [3.05, 3.63) is 100 Å². The van der Waals surface area contributed by atoms with Gasteiger partial charge in [0, 0.05) is 23.1 Å². The molecule has 0 amide bonds. The molecular formula is C35H40O7. The number of carbonyl (C=O) groups excluding carboxylic acids is 2. The lowest BCUT2D eigenvalue weighted by Crippen LogP contribution is -2.08. The quantitative estimate of drug-likeness (QED) is 0.0444. The minimum atomic E-state index is -0.510. The third kappa shape index (κ3) is 9.42. The Morgan fingerprint density at radius 3 is 2.14 bits per heavy atom. The Morgan fingerprint density at radius 2 is 1.48 bits per heavy atom. The molecule has 0 fully saturated rings. The molecule has 3 aromatic rings. The van der Waals surface area contributed by atoms with Gasteiger partial charge in [-0.1, -0.05) is 49.6 Å². The summed E-state index contributed by atoms with van der Waals surface area (Å²) in [5.41, 5.74) is 4.99. The maximum atomic E-state index is 13.2. The molecule has 1 aromatic heterocycles. The Bertz CT molecular complexity index is 1510. The van der Waals surface area contributed by atoms with Crippen LogP contribution in [0.1, 0.15) is 57.6 Å². The van der Waals surface area contributed by atoms with Crippen molar-refractivity contribution in [2.75, 3.05) is 19.8 Å². The maximum Gasteiger partial charge on any atom is 0.344 e. The average Bonchev–Trinajstić information content (AvgIpc) is 2.95. The van der Waals surface area contributed by atoms with E-state index in [4.69, 9.17) is 18.6 Å². The molecule has 0 aliphatic heterocycles. The first kappa shape index (κ1) is 32.3. The Labute approximate surface area is 247 Å². The third-order valence-electron chi connectivity index (χ3n) is 6.56. The topological polar surface area (TPSA) is 92.0 Å². The number of esters is 2. The van der Waals surface area contributed by atoms with Crippen LogP contribution in [0.25, 0.3) is 22.1 Å². The number of fused-ring (bicyclic) bond motifs is 1. The fourth-order valence-electron chi connectivity index (χ4n) is 4.35. The molecule has 0 N–H and O–H groups in total. The lowest BCUT2D eigenvalue weighted by Gasteiger charge is -2.14. The average molecular weight is 573 g/mol. The van der Waals surface area contributed by atoms with E-state index >= 15 is 0 Å². The minimum Gasteiger partial charge on any atom is -0.462 e. The molecule has 7 nitrogen and oxygen atoms in total. The van der Waals surface area contributed by atoms with Gasteiger partial charge in [-0.3, -0.25) is 0 Å². The zero-order valence-corrected chi connectivity index (χ0v) is 24.9. The highest BCUT2D eigenvalue weighted by atomic mass is 16.5. The van der Waals surface area contributed by atoms with E-state index < -0.39 is 17.6 Å². The van der Waals surface area contributed by atoms with Crippen LogP contribution in [-0.4, -0.2) is 31.8 Å². The first-order valence-electron chi connectivity index (χ1n) is 14.2. The number of ether oxygens (including phenoxy) is 3. The van der Waals surface area contributed by atoms with Gasteiger partial charge in [-0.05, 0) is 94.2 Å². The van der Waals surface area contributed by atoms with E-state index in [1.165, 1.54) is 0 Å². The molecule has 0 aliphatic carbocycles. The molecule has 3 rings (SSSR count). The van der Waals surface area contributed by atoms with Crippen LogP contribution < -0.4 is 10.4 Å². The van der Waals surface area contributed by atoms with Crippen molar-refractivity contribution in [1.29, 1.82) is 0 Å². The predicted molar refractivity (Wildman–Crippen MR) is 166 cm³/mol. The number of hydrogen-bond acceptors (Lipinski definition) is 7. The van der Waals surface area contributed by atoms with Crippen LogP contribution in [0.4, 0.5) is 0 Å². The second-order valence-electron chi connectivity index (χ2n) is 10.6. The molecule has 0 atom stereocenters. The number of rotatable bonds is 16.